The third kappa shape index (κ3) is 4.20. The molecule has 0 radical (unpaired) electrons. The van der Waals surface area contributed by atoms with Crippen LogP contribution in [0, 0.1) is 5.41 Å². The Kier molecular flexibility index (Phi) is 4.99. The molecule has 1 aromatic rings. The van der Waals surface area contributed by atoms with Gasteiger partial charge in [-0.05, 0) is 23.1 Å². The summed E-state index contributed by atoms with van der Waals surface area (Å²) in [6.45, 7) is 7.12. The first-order valence-corrected chi connectivity index (χ1v) is 6.09. The number of hydrogen-bond acceptors (Lipinski definition) is 4. The van der Waals surface area contributed by atoms with E-state index in [0.717, 1.165) is 5.56 Å². The molecule has 1 atom stereocenters. The van der Waals surface area contributed by atoms with Crippen LogP contribution >= 0.6 is 0 Å². The van der Waals surface area contributed by atoms with Crippen molar-refractivity contribution in [1.29, 1.82) is 0 Å². The van der Waals surface area contributed by atoms with Crippen LogP contribution < -0.4 is 10.1 Å². The lowest BCUT2D eigenvalue weighted by molar-refractivity contribution is 0.0627. The summed E-state index contributed by atoms with van der Waals surface area (Å²) in [4.78, 5) is 0. The molecule has 18 heavy (non-hydrogen) atoms. The molecule has 0 saturated carbocycles. The van der Waals surface area contributed by atoms with Crippen LogP contribution in [0.3, 0.4) is 0 Å². The van der Waals surface area contributed by atoms with Gasteiger partial charge in [0, 0.05) is 13.1 Å². The van der Waals surface area contributed by atoms with Crippen molar-refractivity contribution in [1.82, 2.24) is 5.32 Å². The van der Waals surface area contributed by atoms with Crippen molar-refractivity contribution in [3.63, 3.8) is 0 Å². The molecule has 0 spiro atoms. The van der Waals surface area contributed by atoms with Crippen LogP contribution in [-0.2, 0) is 6.54 Å². The molecule has 0 aromatic heterocycles. The molecule has 0 aliphatic rings. The lowest BCUT2D eigenvalue weighted by atomic mass is 9.89. The quantitative estimate of drug-likeness (QED) is 0.750. The Morgan fingerprint density at radius 3 is 2.50 bits per heavy atom. The minimum Gasteiger partial charge on any atom is -0.504 e. The maximum Gasteiger partial charge on any atom is 0.160 e. The zero-order valence-electron chi connectivity index (χ0n) is 11.5. The van der Waals surface area contributed by atoms with E-state index < -0.39 is 6.10 Å². The van der Waals surface area contributed by atoms with Crippen LogP contribution in [0.25, 0.3) is 0 Å². The van der Waals surface area contributed by atoms with Gasteiger partial charge in [0.2, 0.25) is 0 Å². The smallest absolute Gasteiger partial charge is 0.160 e. The second-order valence-corrected chi connectivity index (χ2v) is 5.52. The maximum atomic E-state index is 9.87. The number of aliphatic hydroxyl groups excluding tert-OH is 1. The summed E-state index contributed by atoms with van der Waals surface area (Å²) < 4.78 is 4.98. The van der Waals surface area contributed by atoms with E-state index in [1.165, 1.54) is 7.11 Å². The van der Waals surface area contributed by atoms with Gasteiger partial charge in [-0.2, -0.15) is 0 Å². The van der Waals surface area contributed by atoms with E-state index in [0.29, 0.717) is 18.8 Å². The monoisotopic (exact) mass is 253 g/mol. The molecule has 0 bridgehead atoms. The number of benzene rings is 1. The van der Waals surface area contributed by atoms with E-state index in [1.807, 2.05) is 26.8 Å². The van der Waals surface area contributed by atoms with Crippen molar-refractivity contribution in [2.75, 3.05) is 13.7 Å². The van der Waals surface area contributed by atoms with E-state index >= 15 is 0 Å². The van der Waals surface area contributed by atoms with Crippen molar-refractivity contribution in [2.24, 2.45) is 5.41 Å². The van der Waals surface area contributed by atoms with Crippen LogP contribution in [0.1, 0.15) is 26.3 Å². The molecule has 0 heterocycles. The average Bonchev–Trinajstić information content (AvgIpc) is 2.28. The highest BCUT2D eigenvalue weighted by atomic mass is 16.5. The molecule has 0 aliphatic heterocycles. The number of ether oxygens (including phenoxy) is 1. The summed E-state index contributed by atoms with van der Waals surface area (Å²) in [5, 5.41) is 22.7. The highest BCUT2D eigenvalue weighted by Crippen LogP contribution is 2.26. The molecule has 102 valence electrons. The zero-order chi connectivity index (χ0) is 13.8. The predicted octanol–water partition coefficient (Wildman–Crippen LogP) is 1.90. The SMILES string of the molecule is COc1ccc(CNCC(O)C(C)(C)C)cc1O. The molecule has 0 aliphatic carbocycles. The molecule has 3 N–H and O–H groups in total. The summed E-state index contributed by atoms with van der Waals surface area (Å²) >= 11 is 0. The van der Waals surface area contributed by atoms with Gasteiger partial charge in [-0.1, -0.05) is 26.8 Å². The molecule has 1 unspecified atom stereocenters. The van der Waals surface area contributed by atoms with E-state index in [2.05, 4.69) is 5.32 Å². The number of phenolic OH excluding ortho intramolecular Hbond substituents is 1. The Bertz CT molecular complexity index is 385. The number of nitrogens with one attached hydrogen (secondary N) is 1. The Morgan fingerprint density at radius 1 is 1.33 bits per heavy atom. The van der Waals surface area contributed by atoms with Gasteiger partial charge in [-0.25, -0.2) is 0 Å². The summed E-state index contributed by atoms with van der Waals surface area (Å²) in [5.41, 5.74) is 0.823. The number of aliphatic hydroxyl groups is 1. The molecule has 4 nitrogen and oxygen atoms in total. The lowest BCUT2D eigenvalue weighted by Crippen LogP contribution is -2.36. The second kappa shape index (κ2) is 6.07. The van der Waals surface area contributed by atoms with Crippen molar-refractivity contribution in [3.8, 4) is 11.5 Å². The molecule has 0 fully saturated rings. The first kappa shape index (κ1) is 14.8. The van der Waals surface area contributed by atoms with E-state index in [4.69, 9.17) is 4.74 Å². The summed E-state index contributed by atoms with van der Waals surface area (Å²) in [7, 11) is 1.52. The number of phenols is 1. The molecule has 0 saturated heterocycles. The van der Waals surface area contributed by atoms with Gasteiger partial charge in [-0.15, -0.1) is 0 Å². The summed E-state index contributed by atoms with van der Waals surface area (Å²) in [5.74, 6) is 0.599. The Balaban J connectivity index is 2.47. The van der Waals surface area contributed by atoms with Gasteiger partial charge < -0.3 is 20.3 Å². The second-order valence-electron chi connectivity index (χ2n) is 5.52. The number of rotatable bonds is 5. The van der Waals surface area contributed by atoms with Crippen LogP contribution in [0.2, 0.25) is 0 Å². The lowest BCUT2D eigenvalue weighted by Gasteiger charge is -2.26. The Labute approximate surface area is 109 Å². The van der Waals surface area contributed by atoms with Crippen LogP contribution in [-0.4, -0.2) is 30.0 Å². The van der Waals surface area contributed by atoms with Crippen LogP contribution in [0.5, 0.6) is 11.5 Å². The van der Waals surface area contributed by atoms with Crippen molar-refractivity contribution < 1.29 is 14.9 Å². The fraction of sp³-hybridized carbons (Fsp3) is 0.571. The molecule has 1 aromatic carbocycles. The number of aromatic hydroxyl groups is 1. The zero-order valence-corrected chi connectivity index (χ0v) is 11.5. The highest BCUT2D eigenvalue weighted by molar-refractivity contribution is 5.41. The fourth-order valence-corrected chi connectivity index (χ4v) is 1.50. The van der Waals surface area contributed by atoms with Gasteiger partial charge in [0.1, 0.15) is 0 Å². The van der Waals surface area contributed by atoms with Crippen molar-refractivity contribution >= 4 is 0 Å². The summed E-state index contributed by atoms with van der Waals surface area (Å²) in [6, 6.07) is 5.27. The van der Waals surface area contributed by atoms with E-state index in [-0.39, 0.29) is 11.2 Å². The van der Waals surface area contributed by atoms with Gasteiger partial charge in [0.15, 0.2) is 11.5 Å². The number of methoxy groups -OCH3 is 1. The first-order valence-electron chi connectivity index (χ1n) is 6.09. The van der Waals surface area contributed by atoms with Gasteiger partial charge in [-0.3, -0.25) is 0 Å². The van der Waals surface area contributed by atoms with Crippen molar-refractivity contribution in [2.45, 2.75) is 33.4 Å². The van der Waals surface area contributed by atoms with E-state index in [1.54, 1.807) is 12.1 Å². The minimum absolute atomic E-state index is 0.130. The Morgan fingerprint density at radius 2 is 2.00 bits per heavy atom. The standard InChI is InChI=1S/C14H23NO3/c1-14(2,3)13(17)9-15-8-10-5-6-12(18-4)11(16)7-10/h5-7,13,15-17H,8-9H2,1-4H3. The number of hydrogen-bond donors (Lipinski definition) is 3. The van der Waals surface area contributed by atoms with Crippen LogP contribution in [0.15, 0.2) is 18.2 Å². The third-order valence-corrected chi connectivity index (χ3v) is 2.91. The highest BCUT2D eigenvalue weighted by Gasteiger charge is 2.21. The van der Waals surface area contributed by atoms with Crippen molar-refractivity contribution in [3.05, 3.63) is 23.8 Å². The normalized spacial score (nSPS) is 13.4. The largest absolute Gasteiger partial charge is 0.504 e. The first-order chi connectivity index (χ1) is 8.34. The molecule has 0 amide bonds. The van der Waals surface area contributed by atoms with E-state index in [9.17, 15) is 10.2 Å². The third-order valence-electron chi connectivity index (χ3n) is 2.91. The Hall–Kier alpha value is -1.26. The predicted molar refractivity (Wildman–Crippen MR) is 71.8 cm³/mol. The maximum absolute atomic E-state index is 9.87. The van der Waals surface area contributed by atoms with Gasteiger partial charge in [0.05, 0.1) is 13.2 Å². The topological polar surface area (TPSA) is 61.7 Å². The average molecular weight is 253 g/mol. The van der Waals surface area contributed by atoms with Crippen LogP contribution in [0.4, 0.5) is 0 Å². The van der Waals surface area contributed by atoms with Gasteiger partial charge in [0.25, 0.3) is 0 Å². The fourth-order valence-electron chi connectivity index (χ4n) is 1.50. The van der Waals surface area contributed by atoms with Gasteiger partial charge >= 0.3 is 0 Å². The summed E-state index contributed by atoms with van der Waals surface area (Å²) in [6.07, 6.45) is -0.399. The molecular formula is C14H23NO3. The minimum atomic E-state index is -0.399. The molecular weight excluding hydrogens is 230 g/mol. The molecule has 4 heteroatoms. The molecule has 1 rings (SSSR count).